The smallest absolute Gasteiger partial charge is 0.257 e. The van der Waals surface area contributed by atoms with Crippen LogP contribution in [0.25, 0.3) is 0 Å². The highest BCUT2D eigenvalue weighted by atomic mass is 16.5. The molecule has 1 fully saturated rings. The summed E-state index contributed by atoms with van der Waals surface area (Å²) in [4.78, 5) is 12.0. The van der Waals surface area contributed by atoms with Crippen LogP contribution in [-0.2, 0) is 0 Å². The lowest BCUT2D eigenvalue weighted by atomic mass is 10.1. The van der Waals surface area contributed by atoms with E-state index in [-0.39, 0.29) is 11.9 Å². The SMILES string of the molecule is Cc1noc(C)c1C(=O)NC1CCCNC1. The molecule has 0 aliphatic carbocycles. The quantitative estimate of drug-likeness (QED) is 0.777. The normalized spacial score (nSPS) is 20.8. The largest absolute Gasteiger partial charge is 0.361 e. The molecule has 1 saturated heterocycles. The molecule has 0 bridgehead atoms. The van der Waals surface area contributed by atoms with Gasteiger partial charge in [-0.15, -0.1) is 0 Å². The number of carbonyl (C=O) groups excluding carboxylic acids is 1. The summed E-state index contributed by atoms with van der Waals surface area (Å²) in [6.45, 7) is 5.42. The highest BCUT2D eigenvalue weighted by Gasteiger charge is 2.21. The molecule has 5 nitrogen and oxygen atoms in total. The minimum Gasteiger partial charge on any atom is -0.361 e. The molecule has 1 amide bonds. The lowest BCUT2D eigenvalue weighted by Crippen LogP contribution is -2.45. The van der Waals surface area contributed by atoms with Crippen LogP contribution in [0.15, 0.2) is 4.52 Å². The zero-order chi connectivity index (χ0) is 11.5. The van der Waals surface area contributed by atoms with Crippen molar-refractivity contribution < 1.29 is 9.32 Å². The third kappa shape index (κ3) is 2.24. The first-order valence-electron chi connectivity index (χ1n) is 5.63. The van der Waals surface area contributed by atoms with Gasteiger partial charge < -0.3 is 15.2 Å². The van der Waals surface area contributed by atoms with Crippen LogP contribution in [0.2, 0.25) is 0 Å². The molecular formula is C11H17N3O2. The van der Waals surface area contributed by atoms with E-state index in [2.05, 4.69) is 15.8 Å². The maximum atomic E-state index is 12.0. The van der Waals surface area contributed by atoms with Gasteiger partial charge in [0.1, 0.15) is 11.3 Å². The van der Waals surface area contributed by atoms with Gasteiger partial charge in [0.2, 0.25) is 0 Å². The Morgan fingerprint density at radius 3 is 2.94 bits per heavy atom. The summed E-state index contributed by atoms with van der Waals surface area (Å²) in [5.74, 6) is 0.503. The number of nitrogens with zero attached hydrogens (tertiary/aromatic N) is 1. The van der Waals surface area contributed by atoms with Crippen molar-refractivity contribution in [2.24, 2.45) is 0 Å². The minimum absolute atomic E-state index is 0.0787. The minimum atomic E-state index is -0.0787. The van der Waals surface area contributed by atoms with Crippen molar-refractivity contribution in [3.05, 3.63) is 17.0 Å². The number of hydrogen-bond donors (Lipinski definition) is 2. The van der Waals surface area contributed by atoms with Crippen molar-refractivity contribution in [1.29, 1.82) is 0 Å². The van der Waals surface area contributed by atoms with Crippen LogP contribution in [-0.4, -0.2) is 30.2 Å². The van der Waals surface area contributed by atoms with Crippen LogP contribution in [0.4, 0.5) is 0 Å². The average molecular weight is 223 g/mol. The van der Waals surface area contributed by atoms with E-state index in [0.717, 1.165) is 25.9 Å². The zero-order valence-corrected chi connectivity index (χ0v) is 9.67. The van der Waals surface area contributed by atoms with Crippen LogP contribution >= 0.6 is 0 Å². The molecule has 0 radical (unpaired) electrons. The maximum Gasteiger partial charge on any atom is 0.257 e. The van der Waals surface area contributed by atoms with Gasteiger partial charge in [0.15, 0.2) is 0 Å². The Kier molecular flexibility index (Phi) is 3.24. The first kappa shape index (κ1) is 11.1. The second-order valence-corrected chi connectivity index (χ2v) is 4.22. The molecule has 1 aliphatic rings. The fraction of sp³-hybridized carbons (Fsp3) is 0.636. The molecule has 0 saturated carbocycles. The first-order valence-corrected chi connectivity index (χ1v) is 5.63. The number of amides is 1. The second kappa shape index (κ2) is 4.65. The highest BCUT2D eigenvalue weighted by molar-refractivity contribution is 5.96. The summed E-state index contributed by atoms with van der Waals surface area (Å²) < 4.78 is 4.98. The topological polar surface area (TPSA) is 67.2 Å². The molecule has 1 unspecified atom stereocenters. The molecule has 1 atom stereocenters. The predicted octanol–water partition coefficient (Wildman–Crippen LogP) is 0.773. The standard InChI is InChI=1S/C11H17N3O2/c1-7-10(8(2)16-14-7)11(15)13-9-4-3-5-12-6-9/h9,12H,3-6H2,1-2H3,(H,13,15). The van der Waals surface area contributed by atoms with Crippen LogP contribution < -0.4 is 10.6 Å². The van der Waals surface area contributed by atoms with Crippen molar-refractivity contribution in [3.8, 4) is 0 Å². The third-order valence-electron chi connectivity index (χ3n) is 2.89. The van der Waals surface area contributed by atoms with E-state index in [9.17, 15) is 4.79 Å². The van der Waals surface area contributed by atoms with E-state index in [1.165, 1.54) is 0 Å². The summed E-state index contributed by atoms with van der Waals surface area (Å²) >= 11 is 0. The number of hydrogen-bond acceptors (Lipinski definition) is 4. The van der Waals surface area contributed by atoms with Gasteiger partial charge in [-0.05, 0) is 33.2 Å². The Morgan fingerprint density at radius 2 is 2.38 bits per heavy atom. The number of rotatable bonds is 2. The molecule has 16 heavy (non-hydrogen) atoms. The molecule has 0 aromatic carbocycles. The Labute approximate surface area is 94.6 Å². The molecule has 0 spiro atoms. The predicted molar refractivity (Wildman–Crippen MR) is 59.3 cm³/mol. The molecule has 1 aromatic heterocycles. The second-order valence-electron chi connectivity index (χ2n) is 4.22. The Morgan fingerprint density at radius 1 is 1.56 bits per heavy atom. The number of piperidine rings is 1. The highest BCUT2D eigenvalue weighted by Crippen LogP contribution is 2.12. The van der Waals surface area contributed by atoms with Gasteiger partial charge in [-0.25, -0.2) is 0 Å². The van der Waals surface area contributed by atoms with Crippen LogP contribution in [0.1, 0.15) is 34.7 Å². The number of nitrogens with one attached hydrogen (secondary N) is 2. The molecule has 1 aromatic rings. The van der Waals surface area contributed by atoms with Gasteiger partial charge >= 0.3 is 0 Å². The van der Waals surface area contributed by atoms with Crippen molar-refractivity contribution >= 4 is 5.91 Å². The van der Waals surface area contributed by atoms with Crippen molar-refractivity contribution in [2.45, 2.75) is 32.7 Å². The van der Waals surface area contributed by atoms with Gasteiger partial charge in [-0.3, -0.25) is 4.79 Å². The molecule has 1 aliphatic heterocycles. The van der Waals surface area contributed by atoms with Gasteiger partial charge in [-0.2, -0.15) is 0 Å². The Bertz CT molecular complexity index is 361. The molecule has 2 heterocycles. The lowest BCUT2D eigenvalue weighted by molar-refractivity contribution is 0.0928. The fourth-order valence-corrected chi connectivity index (χ4v) is 2.04. The first-order chi connectivity index (χ1) is 7.68. The molecule has 2 N–H and O–H groups in total. The van der Waals surface area contributed by atoms with E-state index in [4.69, 9.17) is 4.52 Å². The average Bonchev–Trinajstić information content (AvgIpc) is 2.60. The molecule has 88 valence electrons. The molecule has 2 rings (SSSR count). The number of aromatic nitrogens is 1. The fourth-order valence-electron chi connectivity index (χ4n) is 2.04. The lowest BCUT2D eigenvalue weighted by Gasteiger charge is -2.23. The van der Waals surface area contributed by atoms with Gasteiger partial charge in [-0.1, -0.05) is 5.16 Å². The number of aryl methyl sites for hydroxylation is 2. The summed E-state index contributed by atoms with van der Waals surface area (Å²) in [5.41, 5.74) is 1.23. The van der Waals surface area contributed by atoms with E-state index in [0.29, 0.717) is 17.0 Å². The van der Waals surface area contributed by atoms with Crippen LogP contribution in [0, 0.1) is 13.8 Å². The summed E-state index contributed by atoms with van der Waals surface area (Å²) in [6.07, 6.45) is 2.13. The summed E-state index contributed by atoms with van der Waals surface area (Å²) in [7, 11) is 0. The Balaban J connectivity index is 2.02. The molecular weight excluding hydrogens is 206 g/mol. The Hall–Kier alpha value is -1.36. The van der Waals surface area contributed by atoms with Crippen LogP contribution in [0.5, 0.6) is 0 Å². The monoisotopic (exact) mass is 223 g/mol. The van der Waals surface area contributed by atoms with E-state index in [1.54, 1.807) is 13.8 Å². The number of carbonyl (C=O) groups is 1. The summed E-state index contributed by atoms with van der Waals surface area (Å²) in [5, 5.41) is 10.0. The van der Waals surface area contributed by atoms with Gasteiger partial charge in [0.05, 0.1) is 5.69 Å². The van der Waals surface area contributed by atoms with Crippen molar-refractivity contribution in [1.82, 2.24) is 15.8 Å². The van der Waals surface area contributed by atoms with E-state index in [1.807, 2.05) is 0 Å². The van der Waals surface area contributed by atoms with Crippen molar-refractivity contribution in [2.75, 3.05) is 13.1 Å². The van der Waals surface area contributed by atoms with E-state index < -0.39 is 0 Å². The zero-order valence-electron chi connectivity index (χ0n) is 9.67. The third-order valence-corrected chi connectivity index (χ3v) is 2.89. The molecule has 5 heteroatoms. The van der Waals surface area contributed by atoms with Crippen molar-refractivity contribution in [3.63, 3.8) is 0 Å². The summed E-state index contributed by atoms with van der Waals surface area (Å²) in [6, 6.07) is 0.218. The van der Waals surface area contributed by atoms with Gasteiger partial charge in [0, 0.05) is 12.6 Å². The van der Waals surface area contributed by atoms with E-state index >= 15 is 0 Å². The van der Waals surface area contributed by atoms with Crippen LogP contribution in [0.3, 0.4) is 0 Å². The maximum absolute atomic E-state index is 12.0. The van der Waals surface area contributed by atoms with Gasteiger partial charge in [0.25, 0.3) is 5.91 Å².